The molecule has 0 aliphatic rings. The molecule has 36 heavy (non-hydrogen) atoms. The summed E-state index contributed by atoms with van der Waals surface area (Å²) in [6.07, 6.45) is 2.85. The summed E-state index contributed by atoms with van der Waals surface area (Å²) in [5.74, 6) is -0.142. The number of carbonyl (C=O) groups is 1. The molecule has 0 saturated heterocycles. The Kier molecular flexibility index (Phi) is 6.01. The number of aromatic nitrogens is 4. The highest BCUT2D eigenvalue weighted by atomic mass is 35.5. The van der Waals surface area contributed by atoms with Gasteiger partial charge in [-0.1, -0.05) is 41.9 Å². The molecule has 0 fully saturated rings. The van der Waals surface area contributed by atoms with Crippen molar-refractivity contribution in [2.24, 2.45) is 0 Å². The minimum absolute atomic E-state index is 0.101. The Labute approximate surface area is 209 Å². The third-order valence-electron chi connectivity index (χ3n) is 5.18. The fourth-order valence-corrected chi connectivity index (χ4v) is 3.76. The van der Waals surface area contributed by atoms with Gasteiger partial charge in [-0.05, 0) is 13.0 Å². The van der Waals surface area contributed by atoms with Crippen molar-refractivity contribution in [3.8, 4) is 22.8 Å². The number of nitrogens with one attached hydrogen (secondary N) is 1. The Bertz CT molecular complexity index is 1620. The van der Waals surface area contributed by atoms with Crippen molar-refractivity contribution in [3.05, 3.63) is 106 Å². The molecule has 2 aromatic carbocycles. The molecule has 0 spiro atoms. The second-order valence-corrected chi connectivity index (χ2v) is 8.25. The standard InChI is InChI=1S/C25H17ClN6O4/c1-15-7-22(16-5-3-2-4-6-16)29-24-12-23(30-31(15)24)25(33)28-18-9-19(32(34)35)11-20(10-18)36-21-8-17(26)13-27-14-21/h2-14H,1H3,(H,28,33). The number of non-ortho nitro benzene ring substituents is 1. The second-order valence-electron chi connectivity index (χ2n) is 7.82. The Morgan fingerprint density at radius 2 is 1.86 bits per heavy atom. The molecule has 0 radical (unpaired) electrons. The summed E-state index contributed by atoms with van der Waals surface area (Å²) in [6.45, 7) is 1.87. The minimum atomic E-state index is -0.581. The first-order valence-electron chi connectivity index (χ1n) is 10.7. The molecular formula is C25H17ClN6O4. The summed E-state index contributed by atoms with van der Waals surface area (Å²) in [4.78, 5) is 32.4. The monoisotopic (exact) mass is 500 g/mol. The van der Waals surface area contributed by atoms with E-state index < -0.39 is 10.8 Å². The van der Waals surface area contributed by atoms with Gasteiger partial charge in [0.1, 0.15) is 11.5 Å². The lowest BCUT2D eigenvalue weighted by Crippen LogP contribution is -2.13. The molecule has 1 N–H and O–H groups in total. The smallest absolute Gasteiger partial charge is 0.276 e. The Balaban J connectivity index is 1.44. The predicted molar refractivity (Wildman–Crippen MR) is 134 cm³/mol. The van der Waals surface area contributed by atoms with E-state index in [0.29, 0.717) is 10.7 Å². The van der Waals surface area contributed by atoms with Crippen LogP contribution in [0, 0.1) is 17.0 Å². The lowest BCUT2D eigenvalue weighted by Gasteiger charge is -2.09. The number of hydrogen-bond acceptors (Lipinski definition) is 7. The molecule has 0 aliphatic carbocycles. The van der Waals surface area contributed by atoms with Gasteiger partial charge in [-0.3, -0.25) is 19.9 Å². The van der Waals surface area contributed by atoms with Crippen LogP contribution in [0.2, 0.25) is 5.02 Å². The summed E-state index contributed by atoms with van der Waals surface area (Å²) in [5, 5.41) is 18.8. The number of pyridine rings is 1. The molecule has 3 aromatic heterocycles. The Morgan fingerprint density at radius 1 is 1.06 bits per heavy atom. The van der Waals surface area contributed by atoms with Crippen LogP contribution in [0.4, 0.5) is 11.4 Å². The van der Waals surface area contributed by atoms with E-state index in [1.165, 1.54) is 36.7 Å². The summed E-state index contributed by atoms with van der Waals surface area (Å²) in [5.41, 5.74) is 2.97. The van der Waals surface area contributed by atoms with Crippen LogP contribution in [0.1, 0.15) is 16.2 Å². The van der Waals surface area contributed by atoms with Gasteiger partial charge in [-0.2, -0.15) is 5.10 Å². The molecule has 5 aromatic rings. The molecule has 0 aliphatic heterocycles. The van der Waals surface area contributed by atoms with Crippen molar-refractivity contribution < 1.29 is 14.5 Å². The number of rotatable bonds is 6. The van der Waals surface area contributed by atoms with Gasteiger partial charge in [0.15, 0.2) is 11.3 Å². The zero-order valence-corrected chi connectivity index (χ0v) is 19.5. The van der Waals surface area contributed by atoms with Gasteiger partial charge in [0, 0.05) is 41.7 Å². The van der Waals surface area contributed by atoms with Crippen LogP contribution in [0.5, 0.6) is 11.5 Å². The number of nitrogens with zero attached hydrogens (tertiary/aromatic N) is 5. The molecule has 10 nitrogen and oxygen atoms in total. The lowest BCUT2D eigenvalue weighted by atomic mass is 10.1. The number of fused-ring (bicyclic) bond motifs is 1. The Hall–Kier alpha value is -4.83. The second kappa shape index (κ2) is 9.43. The maximum Gasteiger partial charge on any atom is 0.276 e. The number of benzene rings is 2. The van der Waals surface area contributed by atoms with E-state index in [4.69, 9.17) is 16.3 Å². The lowest BCUT2D eigenvalue weighted by molar-refractivity contribution is -0.384. The molecule has 3 heterocycles. The van der Waals surface area contributed by atoms with Gasteiger partial charge in [0.25, 0.3) is 11.6 Å². The predicted octanol–water partition coefficient (Wildman–Crippen LogP) is 5.71. The summed E-state index contributed by atoms with van der Waals surface area (Å²) in [6, 6.07) is 18.5. The van der Waals surface area contributed by atoms with E-state index >= 15 is 0 Å². The molecule has 178 valence electrons. The van der Waals surface area contributed by atoms with Crippen molar-refractivity contribution in [1.29, 1.82) is 0 Å². The van der Waals surface area contributed by atoms with Crippen LogP contribution in [0.15, 0.2) is 79.1 Å². The third-order valence-corrected chi connectivity index (χ3v) is 5.39. The van der Waals surface area contributed by atoms with E-state index in [0.717, 1.165) is 17.0 Å². The maximum atomic E-state index is 13.0. The van der Waals surface area contributed by atoms with E-state index in [1.807, 2.05) is 43.3 Å². The van der Waals surface area contributed by atoms with E-state index in [-0.39, 0.29) is 28.6 Å². The zero-order chi connectivity index (χ0) is 25.2. The van der Waals surface area contributed by atoms with Gasteiger partial charge in [0.05, 0.1) is 33.6 Å². The fraction of sp³-hybridized carbons (Fsp3) is 0.0400. The number of carbonyl (C=O) groups excluding carboxylic acids is 1. The Morgan fingerprint density at radius 3 is 2.61 bits per heavy atom. The molecule has 0 atom stereocenters. The van der Waals surface area contributed by atoms with Crippen molar-refractivity contribution in [2.75, 3.05) is 5.32 Å². The van der Waals surface area contributed by atoms with Crippen LogP contribution >= 0.6 is 11.6 Å². The molecule has 0 saturated carbocycles. The molecule has 11 heteroatoms. The zero-order valence-electron chi connectivity index (χ0n) is 18.8. The number of nitro groups is 1. The molecular weight excluding hydrogens is 484 g/mol. The number of hydrogen-bond donors (Lipinski definition) is 1. The van der Waals surface area contributed by atoms with Crippen LogP contribution in [-0.2, 0) is 0 Å². The van der Waals surface area contributed by atoms with Crippen LogP contribution in [0.25, 0.3) is 16.9 Å². The number of ether oxygens (including phenoxy) is 1. The number of anilines is 1. The fourth-order valence-electron chi connectivity index (χ4n) is 3.59. The van der Waals surface area contributed by atoms with Crippen molar-refractivity contribution in [3.63, 3.8) is 0 Å². The SMILES string of the molecule is Cc1cc(-c2ccccc2)nc2cc(C(=O)Nc3cc(Oc4cncc(Cl)c4)cc([N+](=O)[O-])c3)nn12. The topological polar surface area (TPSA) is 125 Å². The highest BCUT2D eigenvalue weighted by Gasteiger charge is 2.17. The molecule has 5 rings (SSSR count). The molecule has 0 unspecified atom stereocenters. The quantitative estimate of drug-likeness (QED) is 0.234. The highest BCUT2D eigenvalue weighted by Crippen LogP contribution is 2.30. The van der Waals surface area contributed by atoms with Crippen LogP contribution in [-0.4, -0.2) is 30.4 Å². The highest BCUT2D eigenvalue weighted by molar-refractivity contribution is 6.30. The number of nitro benzene ring substituents is 1. The average molecular weight is 501 g/mol. The minimum Gasteiger partial charge on any atom is -0.455 e. The van der Waals surface area contributed by atoms with Crippen molar-refractivity contribution in [1.82, 2.24) is 19.6 Å². The van der Waals surface area contributed by atoms with Crippen molar-refractivity contribution >= 4 is 34.5 Å². The first-order valence-corrected chi connectivity index (χ1v) is 11.1. The van der Waals surface area contributed by atoms with Gasteiger partial charge >= 0.3 is 0 Å². The van der Waals surface area contributed by atoms with Crippen molar-refractivity contribution in [2.45, 2.75) is 6.92 Å². The number of amides is 1. The summed E-state index contributed by atoms with van der Waals surface area (Å²) in [7, 11) is 0. The van der Waals surface area contributed by atoms with E-state index in [1.54, 1.807) is 10.6 Å². The van der Waals surface area contributed by atoms with E-state index in [2.05, 4.69) is 20.4 Å². The summed E-state index contributed by atoms with van der Waals surface area (Å²) < 4.78 is 7.23. The first kappa shape index (κ1) is 22.9. The maximum absolute atomic E-state index is 13.0. The molecule has 0 bridgehead atoms. The van der Waals surface area contributed by atoms with Gasteiger partial charge in [-0.25, -0.2) is 9.50 Å². The number of aryl methyl sites for hydroxylation is 1. The number of halogens is 1. The first-order chi connectivity index (χ1) is 17.4. The van der Waals surface area contributed by atoms with Gasteiger partial charge in [-0.15, -0.1) is 0 Å². The third kappa shape index (κ3) is 4.84. The van der Waals surface area contributed by atoms with Crippen LogP contribution in [0.3, 0.4) is 0 Å². The van der Waals surface area contributed by atoms with Crippen LogP contribution < -0.4 is 10.1 Å². The summed E-state index contributed by atoms with van der Waals surface area (Å²) >= 11 is 5.93. The largest absolute Gasteiger partial charge is 0.455 e. The van der Waals surface area contributed by atoms with E-state index in [9.17, 15) is 14.9 Å². The van der Waals surface area contributed by atoms with Gasteiger partial charge in [0.2, 0.25) is 0 Å². The molecule has 1 amide bonds. The average Bonchev–Trinajstić information content (AvgIpc) is 3.30. The normalized spacial score (nSPS) is 10.8. The van der Waals surface area contributed by atoms with Gasteiger partial charge < -0.3 is 10.1 Å².